The second-order valence-corrected chi connectivity index (χ2v) is 8.99. The lowest BCUT2D eigenvalue weighted by Crippen LogP contribution is -2.48. The number of nitrogens with zero attached hydrogens (tertiary/aromatic N) is 3. The Morgan fingerprint density at radius 1 is 1.16 bits per heavy atom. The number of thioether (sulfide) groups is 1. The molecule has 0 unspecified atom stereocenters. The van der Waals surface area contributed by atoms with Crippen molar-refractivity contribution in [1.82, 2.24) is 19.8 Å². The lowest BCUT2D eigenvalue weighted by Gasteiger charge is -2.39. The molecule has 0 spiro atoms. The lowest BCUT2D eigenvalue weighted by atomic mass is 9.97. The Labute approximate surface area is 186 Å². The third-order valence-corrected chi connectivity index (χ3v) is 6.74. The van der Waals surface area contributed by atoms with Crippen LogP contribution >= 0.6 is 11.8 Å². The third-order valence-electron chi connectivity index (χ3n) is 5.77. The standard InChI is InChI=1S/C23H28N4O3S/c1-16-7-5-8-17(2)27(16)22(29)14-26-20-11-4-3-10-19(20)25-23(26)31-15-21(28)24-13-18-9-6-12-30-18/h3-4,6,9-12,16-17H,5,7-8,13-15H2,1-2H3,(H,24,28)/t16-,17+. The molecule has 0 aliphatic carbocycles. The second kappa shape index (κ2) is 9.60. The van der Waals surface area contributed by atoms with Crippen molar-refractivity contribution in [2.45, 2.75) is 63.4 Å². The predicted octanol–water partition coefficient (Wildman–Crippen LogP) is 3.83. The van der Waals surface area contributed by atoms with Gasteiger partial charge in [0.2, 0.25) is 11.8 Å². The Kier molecular flexibility index (Phi) is 6.65. The summed E-state index contributed by atoms with van der Waals surface area (Å²) >= 11 is 1.35. The van der Waals surface area contributed by atoms with Crippen molar-refractivity contribution in [3.8, 4) is 0 Å². The molecule has 2 aromatic heterocycles. The van der Waals surface area contributed by atoms with Gasteiger partial charge in [-0.2, -0.15) is 0 Å². The molecule has 7 nitrogen and oxygen atoms in total. The molecule has 1 aromatic carbocycles. The lowest BCUT2D eigenvalue weighted by molar-refractivity contribution is -0.138. The molecule has 2 amide bonds. The number of nitrogens with one attached hydrogen (secondary N) is 1. The van der Waals surface area contributed by atoms with E-state index in [1.54, 1.807) is 12.3 Å². The number of para-hydroxylation sites is 2. The van der Waals surface area contributed by atoms with Crippen LogP contribution in [0.4, 0.5) is 0 Å². The Balaban J connectivity index is 1.47. The zero-order chi connectivity index (χ0) is 21.8. The highest BCUT2D eigenvalue weighted by Gasteiger charge is 2.29. The van der Waals surface area contributed by atoms with Gasteiger partial charge in [0.05, 0.1) is 29.6 Å². The van der Waals surface area contributed by atoms with Crippen LogP contribution in [-0.2, 0) is 22.7 Å². The van der Waals surface area contributed by atoms with E-state index in [0.29, 0.717) is 17.5 Å². The SMILES string of the molecule is C[C@@H]1CCC[C@H](C)N1C(=O)Cn1c(SCC(=O)NCc2ccco2)nc2ccccc21. The molecule has 1 fully saturated rings. The maximum Gasteiger partial charge on any atom is 0.243 e. The van der Waals surface area contributed by atoms with Gasteiger partial charge in [0.15, 0.2) is 5.16 Å². The Morgan fingerprint density at radius 3 is 2.68 bits per heavy atom. The molecule has 164 valence electrons. The summed E-state index contributed by atoms with van der Waals surface area (Å²) in [5, 5.41) is 3.53. The number of furan rings is 1. The maximum absolute atomic E-state index is 13.2. The van der Waals surface area contributed by atoms with Crippen LogP contribution in [0.3, 0.4) is 0 Å². The molecule has 1 saturated heterocycles. The summed E-state index contributed by atoms with van der Waals surface area (Å²) in [5.41, 5.74) is 1.74. The molecule has 3 aromatic rings. The summed E-state index contributed by atoms with van der Waals surface area (Å²) in [6.07, 6.45) is 4.82. The van der Waals surface area contributed by atoms with Crippen molar-refractivity contribution >= 4 is 34.6 Å². The summed E-state index contributed by atoms with van der Waals surface area (Å²) in [5.74, 6) is 0.923. The Hall–Kier alpha value is -2.74. The van der Waals surface area contributed by atoms with Crippen molar-refractivity contribution in [2.24, 2.45) is 0 Å². The van der Waals surface area contributed by atoms with Crippen LogP contribution in [0.2, 0.25) is 0 Å². The third kappa shape index (κ3) is 4.95. The normalized spacial score (nSPS) is 19.0. The fourth-order valence-electron chi connectivity index (χ4n) is 4.23. The number of carbonyl (C=O) groups excluding carboxylic acids is 2. The minimum absolute atomic E-state index is 0.104. The summed E-state index contributed by atoms with van der Waals surface area (Å²) < 4.78 is 7.18. The van der Waals surface area contributed by atoms with E-state index >= 15 is 0 Å². The molecule has 3 heterocycles. The highest BCUT2D eigenvalue weighted by Crippen LogP contribution is 2.27. The molecule has 1 aliphatic rings. The highest BCUT2D eigenvalue weighted by atomic mass is 32.2. The van der Waals surface area contributed by atoms with E-state index < -0.39 is 0 Å². The molecule has 31 heavy (non-hydrogen) atoms. The molecule has 2 atom stereocenters. The van der Waals surface area contributed by atoms with Crippen LogP contribution in [0.15, 0.2) is 52.2 Å². The van der Waals surface area contributed by atoms with Crippen LogP contribution in [0.1, 0.15) is 38.9 Å². The highest BCUT2D eigenvalue weighted by molar-refractivity contribution is 7.99. The summed E-state index contributed by atoms with van der Waals surface area (Å²) in [6, 6.07) is 11.9. The zero-order valence-electron chi connectivity index (χ0n) is 17.9. The van der Waals surface area contributed by atoms with Gasteiger partial charge in [-0.3, -0.25) is 9.59 Å². The number of imidazole rings is 1. The van der Waals surface area contributed by atoms with Crippen molar-refractivity contribution in [3.63, 3.8) is 0 Å². The largest absolute Gasteiger partial charge is 0.467 e. The van der Waals surface area contributed by atoms with Crippen LogP contribution in [0.5, 0.6) is 0 Å². The molecule has 0 radical (unpaired) electrons. The number of benzene rings is 1. The number of piperidine rings is 1. The average Bonchev–Trinajstić information content (AvgIpc) is 3.39. The number of hydrogen-bond donors (Lipinski definition) is 1. The van der Waals surface area contributed by atoms with E-state index in [4.69, 9.17) is 4.42 Å². The molecule has 8 heteroatoms. The van der Waals surface area contributed by atoms with Crippen molar-refractivity contribution in [1.29, 1.82) is 0 Å². The number of hydrogen-bond acceptors (Lipinski definition) is 5. The maximum atomic E-state index is 13.2. The van der Waals surface area contributed by atoms with Gasteiger partial charge in [-0.15, -0.1) is 0 Å². The molecule has 1 N–H and O–H groups in total. The van der Waals surface area contributed by atoms with Gasteiger partial charge in [0, 0.05) is 12.1 Å². The van der Waals surface area contributed by atoms with Crippen LogP contribution in [0.25, 0.3) is 11.0 Å². The van der Waals surface area contributed by atoms with Crippen LogP contribution in [0, 0.1) is 0 Å². The molecule has 1 aliphatic heterocycles. The fourth-order valence-corrected chi connectivity index (χ4v) is 5.07. The number of rotatable bonds is 7. The van der Waals surface area contributed by atoms with E-state index in [0.717, 1.165) is 30.3 Å². The van der Waals surface area contributed by atoms with Gasteiger partial charge in [0.1, 0.15) is 12.3 Å². The summed E-state index contributed by atoms with van der Waals surface area (Å²) in [7, 11) is 0. The van der Waals surface area contributed by atoms with Gasteiger partial charge in [0.25, 0.3) is 0 Å². The fraction of sp³-hybridized carbons (Fsp3) is 0.435. The monoisotopic (exact) mass is 440 g/mol. The van der Waals surface area contributed by atoms with Gasteiger partial charge < -0.3 is 19.2 Å². The predicted molar refractivity (Wildman–Crippen MR) is 121 cm³/mol. The first kappa shape index (κ1) is 21.5. The van der Waals surface area contributed by atoms with Gasteiger partial charge in [-0.05, 0) is 57.4 Å². The van der Waals surface area contributed by atoms with Gasteiger partial charge >= 0.3 is 0 Å². The number of aromatic nitrogens is 2. The zero-order valence-corrected chi connectivity index (χ0v) is 18.7. The number of amides is 2. The van der Waals surface area contributed by atoms with Gasteiger partial charge in [-0.1, -0.05) is 23.9 Å². The summed E-state index contributed by atoms with van der Waals surface area (Å²) in [4.78, 5) is 32.2. The number of fused-ring (bicyclic) bond motifs is 1. The molecular weight excluding hydrogens is 412 g/mol. The van der Waals surface area contributed by atoms with E-state index in [1.165, 1.54) is 11.8 Å². The number of carbonyl (C=O) groups is 2. The minimum Gasteiger partial charge on any atom is -0.467 e. The molecule has 0 saturated carbocycles. The molecular formula is C23H28N4O3S. The first-order chi connectivity index (χ1) is 15.0. The summed E-state index contributed by atoms with van der Waals surface area (Å²) in [6.45, 7) is 4.83. The van der Waals surface area contributed by atoms with Crippen molar-refractivity contribution in [3.05, 3.63) is 48.4 Å². The molecule has 4 rings (SSSR count). The van der Waals surface area contributed by atoms with E-state index in [1.807, 2.05) is 39.8 Å². The smallest absolute Gasteiger partial charge is 0.243 e. The van der Waals surface area contributed by atoms with Crippen molar-refractivity contribution < 1.29 is 14.0 Å². The average molecular weight is 441 g/mol. The van der Waals surface area contributed by atoms with Crippen LogP contribution in [-0.4, -0.2) is 44.1 Å². The van der Waals surface area contributed by atoms with Crippen molar-refractivity contribution in [2.75, 3.05) is 5.75 Å². The van der Waals surface area contributed by atoms with Crippen LogP contribution < -0.4 is 5.32 Å². The topological polar surface area (TPSA) is 80.4 Å². The quantitative estimate of drug-likeness (QED) is 0.565. The van der Waals surface area contributed by atoms with E-state index in [2.05, 4.69) is 24.1 Å². The first-order valence-corrected chi connectivity index (χ1v) is 11.7. The number of likely N-dealkylation sites (tertiary alicyclic amines) is 1. The van der Waals surface area contributed by atoms with Gasteiger partial charge in [-0.25, -0.2) is 4.98 Å². The van der Waals surface area contributed by atoms with E-state index in [-0.39, 0.29) is 36.2 Å². The minimum atomic E-state index is -0.107. The Morgan fingerprint density at radius 2 is 1.94 bits per heavy atom. The Bertz CT molecular complexity index is 1040. The molecule has 0 bridgehead atoms. The second-order valence-electron chi connectivity index (χ2n) is 8.04. The van der Waals surface area contributed by atoms with E-state index in [9.17, 15) is 9.59 Å². The first-order valence-electron chi connectivity index (χ1n) is 10.7.